The summed E-state index contributed by atoms with van der Waals surface area (Å²) in [6, 6.07) is 5.16. The summed E-state index contributed by atoms with van der Waals surface area (Å²) in [6.45, 7) is 1.83. The minimum Gasteiger partial charge on any atom is -0.353 e. The molecular formula is C11H12N4O2S2. The molecule has 1 aromatic heterocycles. The van der Waals surface area contributed by atoms with Crippen LogP contribution in [0.4, 0.5) is 10.8 Å². The predicted octanol–water partition coefficient (Wildman–Crippen LogP) is 2.97. The van der Waals surface area contributed by atoms with Crippen LogP contribution in [0.5, 0.6) is 0 Å². The molecule has 1 heterocycles. The first-order chi connectivity index (χ1) is 8.97. The summed E-state index contributed by atoms with van der Waals surface area (Å²) in [6.07, 6.45) is 0. The number of nitrogens with zero attached hydrogens (tertiary/aromatic N) is 4. The number of aromatic nitrogens is 2. The lowest BCUT2D eigenvalue weighted by Gasteiger charge is -2.04. The van der Waals surface area contributed by atoms with Crippen LogP contribution in [0.15, 0.2) is 27.4 Å². The van der Waals surface area contributed by atoms with E-state index in [1.807, 2.05) is 32.0 Å². The maximum absolute atomic E-state index is 11.0. The van der Waals surface area contributed by atoms with Crippen molar-refractivity contribution in [3.05, 3.63) is 33.9 Å². The number of benzene rings is 1. The van der Waals surface area contributed by atoms with Crippen molar-refractivity contribution < 1.29 is 4.92 Å². The van der Waals surface area contributed by atoms with Crippen molar-refractivity contribution in [3.8, 4) is 0 Å². The Labute approximate surface area is 118 Å². The largest absolute Gasteiger partial charge is 0.353 e. The minimum atomic E-state index is -0.372. The van der Waals surface area contributed by atoms with Gasteiger partial charge >= 0.3 is 0 Å². The van der Waals surface area contributed by atoms with E-state index in [0.717, 1.165) is 10.7 Å². The fourth-order valence-electron chi connectivity index (χ4n) is 1.37. The number of anilines is 1. The second-order valence-electron chi connectivity index (χ2n) is 4.08. The minimum absolute atomic E-state index is 0.103. The maximum Gasteiger partial charge on any atom is 0.283 e. The molecule has 100 valence electrons. The second kappa shape index (κ2) is 5.54. The zero-order chi connectivity index (χ0) is 14.0. The van der Waals surface area contributed by atoms with E-state index in [1.165, 1.54) is 23.1 Å². The lowest BCUT2D eigenvalue weighted by molar-refractivity contribution is -0.387. The molecule has 1 aromatic carbocycles. The monoisotopic (exact) mass is 296 g/mol. The van der Waals surface area contributed by atoms with Crippen molar-refractivity contribution in [3.63, 3.8) is 0 Å². The fourth-order valence-corrected chi connectivity index (χ4v) is 3.18. The molecule has 2 rings (SSSR count). The lowest BCUT2D eigenvalue weighted by atomic mass is 10.2. The molecule has 0 fully saturated rings. The number of aryl methyl sites for hydroxylation is 1. The average Bonchev–Trinajstić information content (AvgIpc) is 2.80. The van der Waals surface area contributed by atoms with Gasteiger partial charge in [-0.1, -0.05) is 17.4 Å². The first-order valence-corrected chi connectivity index (χ1v) is 7.04. The van der Waals surface area contributed by atoms with Gasteiger partial charge in [0.1, 0.15) is 0 Å². The van der Waals surface area contributed by atoms with Crippen molar-refractivity contribution >= 4 is 33.9 Å². The predicted molar refractivity (Wildman–Crippen MR) is 76.2 cm³/mol. The van der Waals surface area contributed by atoms with E-state index in [0.29, 0.717) is 9.24 Å². The highest BCUT2D eigenvalue weighted by Gasteiger charge is 2.17. The van der Waals surface area contributed by atoms with Gasteiger partial charge in [-0.25, -0.2) is 0 Å². The van der Waals surface area contributed by atoms with Crippen LogP contribution in [0, 0.1) is 17.0 Å². The van der Waals surface area contributed by atoms with Gasteiger partial charge in [0.25, 0.3) is 5.69 Å². The topological polar surface area (TPSA) is 72.2 Å². The fraction of sp³-hybridized carbons (Fsp3) is 0.273. The molecule has 6 nitrogen and oxygen atoms in total. The van der Waals surface area contributed by atoms with Gasteiger partial charge in [0, 0.05) is 20.2 Å². The number of hydrogen-bond donors (Lipinski definition) is 0. The molecule has 0 aliphatic heterocycles. The standard InChI is InChI=1S/C11H12N4O2S2/c1-7-4-5-9(8(6-7)15(16)17)18-11-13-12-10(19-11)14(2)3/h4-6H,1-3H3. The van der Waals surface area contributed by atoms with E-state index >= 15 is 0 Å². The van der Waals surface area contributed by atoms with Crippen LogP contribution in [0.3, 0.4) is 0 Å². The van der Waals surface area contributed by atoms with Crippen LogP contribution in [0.25, 0.3) is 0 Å². The number of nitro groups is 1. The first-order valence-electron chi connectivity index (χ1n) is 5.41. The van der Waals surface area contributed by atoms with Crippen molar-refractivity contribution in [1.82, 2.24) is 10.2 Å². The highest BCUT2D eigenvalue weighted by molar-refractivity contribution is 8.01. The Morgan fingerprint density at radius 1 is 1.37 bits per heavy atom. The molecule has 0 atom stereocenters. The molecule has 0 N–H and O–H groups in total. The zero-order valence-electron chi connectivity index (χ0n) is 10.7. The van der Waals surface area contributed by atoms with Gasteiger partial charge in [-0.05, 0) is 30.3 Å². The molecule has 0 aliphatic rings. The van der Waals surface area contributed by atoms with Crippen LogP contribution in [-0.4, -0.2) is 29.2 Å². The quantitative estimate of drug-likeness (QED) is 0.638. The summed E-state index contributed by atoms with van der Waals surface area (Å²) < 4.78 is 0.690. The van der Waals surface area contributed by atoms with E-state index in [1.54, 1.807) is 12.1 Å². The van der Waals surface area contributed by atoms with Crippen molar-refractivity contribution in [2.75, 3.05) is 19.0 Å². The zero-order valence-corrected chi connectivity index (χ0v) is 12.3. The first kappa shape index (κ1) is 13.8. The SMILES string of the molecule is Cc1ccc(Sc2nnc(N(C)C)s2)c([N+](=O)[O-])c1. The molecular weight excluding hydrogens is 284 g/mol. The van der Waals surface area contributed by atoms with E-state index in [2.05, 4.69) is 10.2 Å². The van der Waals surface area contributed by atoms with Crippen LogP contribution < -0.4 is 4.90 Å². The summed E-state index contributed by atoms with van der Waals surface area (Å²) in [7, 11) is 3.76. The molecule has 19 heavy (non-hydrogen) atoms. The lowest BCUT2D eigenvalue weighted by Crippen LogP contribution is -2.07. The molecule has 8 heteroatoms. The maximum atomic E-state index is 11.0. The van der Waals surface area contributed by atoms with E-state index < -0.39 is 0 Å². The molecule has 0 radical (unpaired) electrons. The summed E-state index contributed by atoms with van der Waals surface area (Å²) in [4.78, 5) is 13.1. The van der Waals surface area contributed by atoms with Crippen LogP contribution in [-0.2, 0) is 0 Å². The molecule has 0 saturated carbocycles. The van der Waals surface area contributed by atoms with Crippen molar-refractivity contribution in [2.24, 2.45) is 0 Å². The van der Waals surface area contributed by atoms with E-state index in [9.17, 15) is 10.1 Å². The molecule has 0 aliphatic carbocycles. The van der Waals surface area contributed by atoms with E-state index in [4.69, 9.17) is 0 Å². The third-order valence-electron chi connectivity index (χ3n) is 2.29. The van der Waals surface area contributed by atoms with Gasteiger partial charge < -0.3 is 4.90 Å². The third kappa shape index (κ3) is 3.21. The Bertz CT molecular complexity index is 612. The molecule has 0 bridgehead atoms. The molecule has 0 amide bonds. The van der Waals surface area contributed by atoms with Gasteiger partial charge in [-0.3, -0.25) is 10.1 Å². The van der Waals surface area contributed by atoms with Gasteiger partial charge in [-0.2, -0.15) is 0 Å². The molecule has 0 spiro atoms. The van der Waals surface area contributed by atoms with Crippen LogP contribution >= 0.6 is 23.1 Å². The number of nitro benzene ring substituents is 1. The van der Waals surface area contributed by atoms with Crippen LogP contribution in [0.2, 0.25) is 0 Å². The summed E-state index contributed by atoms with van der Waals surface area (Å²) >= 11 is 2.67. The Kier molecular flexibility index (Phi) is 4.01. The highest BCUT2D eigenvalue weighted by atomic mass is 32.2. The highest BCUT2D eigenvalue weighted by Crippen LogP contribution is 2.37. The Morgan fingerprint density at radius 2 is 2.11 bits per heavy atom. The van der Waals surface area contributed by atoms with Gasteiger partial charge in [0.2, 0.25) is 5.13 Å². The Morgan fingerprint density at radius 3 is 2.68 bits per heavy atom. The summed E-state index contributed by atoms with van der Waals surface area (Å²) in [5, 5.41) is 19.8. The van der Waals surface area contributed by atoms with Crippen molar-refractivity contribution in [1.29, 1.82) is 0 Å². The second-order valence-corrected chi connectivity index (χ2v) is 6.32. The smallest absolute Gasteiger partial charge is 0.283 e. The number of hydrogen-bond acceptors (Lipinski definition) is 7. The average molecular weight is 296 g/mol. The van der Waals surface area contributed by atoms with E-state index in [-0.39, 0.29) is 10.6 Å². The molecule has 0 saturated heterocycles. The normalized spacial score (nSPS) is 10.5. The summed E-state index contributed by atoms with van der Waals surface area (Å²) in [5.74, 6) is 0. The van der Waals surface area contributed by atoms with Crippen molar-refractivity contribution in [2.45, 2.75) is 16.2 Å². The third-order valence-corrected chi connectivity index (χ3v) is 4.49. The summed E-state index contributed by atoms with van der Waals surface area (Å²) in [5.41, 5.74) is 0.967. The Hall–Kier alpha value is -1.67. The molecule has 2 aromatic rings. The number of rotatable bonds is 4. The Balaban J connectivity index is 2.29. The van der Waals surface area contributed by atoms with Crippen LogP contribution in [0.1, 0.15) is 5.56 Å². The molecule has 0 unspecified atom stereocenters. The van der Waals surface area contributed by atoms with Gasteiger partial charge in [0.15, 0.2) is 4.34 Å². The van der Waals surface area contributed by atoms with Gasteiger partial charge in [-0.15, -0.1) is 10.2 Å². The van der Waals surface area contributed by atoms with Gasteiger partial charge in [0.05, 0.1) is 9.82 Å².